The van der Waals surface area contributed by atoms with Gasteiger partial charge in [0, 0.05) is 19.9 Å². The maximum atomic E-state index is 12.2. The summed E-state index contributed by atoms with van der Waals surface area (Å²) < 4.78 is 40.4. The van der Waals surface area contributed by atoms with Crippen LogP contribution in [0.3, 0.4) is 0 Å². The summed E-state index contributed by atoms with van der Waals surface area (Å²) in [4.78, 5) is 0. The summed E-state index contributed by atoms with van der Waals surface area (Å²) in [7, 11) is -0.454. The second-order valence-corrected chi connectivity index (χ2v) is 10.9. The summed E-state index contributed by atoms with van der Waals surface area (Å²) in [6, 6.07) is 18.5. The Hall–Kier alpha value is -2.19. The first-order valence-electron chi connectivity index (χ1n) is 9.90. The molecule has 0 unspecified atom stereocenters. The van der Waals surface area contributed by atoms with Crippen LogP contribution in [0.4, 0.5) is 13.2 Å². The van der Waals surface area contributed by atoms with E-state index in [-0.39, 0.29) is 5.75 Å². The number of alkyl halides is 3. The number of benzene rings is 2. The van der Waals surface area contributed by atoms with Crippen molar-refractivity contribution < 1.29 is 17.9 Å². The summed E-state index contributed by atoms with van der Waals surface area (Å²) in [5.41, 5.74) is 2.97. The van der Waals surface area contributed by atoms with E-state index in [1.54, 1.807) is 0 Å². The first-order chi connectivity index (χ1) is 13.4. The molecule has 0 N–H and O–H groups in total. The Bertz CT molecular complexity index is 808. The van der Waals surface area contributed by atoms with E-state index in [1.165, 1.54) is 67.2 Å². The molecule has 0 aliphatic carbocycles. The normalized spacial score (nSPS) is 19.6. The zero-order valence-electron chi connectivity index (χ0n) is 16.1. The molecule has 1 aliphatic rings. The van der Waals surface area contributed by atoms with Crippen LogP contribution in [0.15, 0.2) is 48.5 Å². The third kappa shape index (κ3) is 6.17. The van der Waals surface area contributed by atoms with Crippen LogP contribution in [0.5, 0.6) is 5.75 Å². The molecule has 0 aromatic heterocycles. The lowest BCUT2D eigenvalue weighted by atomic mass is 9.93. The average molecular weight is 403 g/mol. The molecule has 1 saturated heterocycles. The summed E-state index contributed by atoms with van der Waals surface area (Å²) in [5.74, 6) is 6.51. The van der Waals surface area contributed by atoms with Crippen LogP contribution >= 0.6 is 0 Å². The lowest BCUT2D eigenvalue weighted by molar-refractivity contribution is -0.274. The van der Waals surface area contributed by atoms with Crippen LogP contribution in [0, 0.1) is 11.8 Å². The molecular formula is C23H25F3OSi. The summed E-state index contributed by atoms with van der Waals surface area (Å²) >= 11 is 0. The van der Waals surface area contributed by atoms with Crippen molar-refractivity contribution in [2.24, 2.45) is 0 Å². The Balaban J connectivity index is 1.58. The predicted octanol–water partition coefficient (Wildman–Crippen LogP) is 6.50. The molecule has 1 heterocycles. The first kappa shape index (κ1) is 20.5. The van der Waals surface area contributed by atoms with Gasteiger partial charge in [0.05, 0.1) is 0 Å². The van der Waals surface area contributed by atoms with Crippen molar-refractivity contribution in [1.29, 1.82) is 0 Å². The summed E-state index contributed by atoms with van der Waals surface area (Å²) in [6.45, 7) is 2.30. The van der Waals surface area contributed by atoms with E-state index in [9.17, 15) is 13.2 Å². The van der Waals surface area contributed by atoms with E-state index < -0.39 is 15.2 Å². The van der Waals surface area contributed by atoms with Crippen LogP contribution in [0.25, 0.3) is 0 Å². The molecule has 2 aromatic carbocycles. The Morgan fingerprint density at radius 1 is 0.929 bits per heavy atom. The molecule has 2 aromatic rings. The van der Waals surface area contributed by atoms with E-state index in [1.807, 2.05) is 12.1 Å². The molecular weight excluding hydrogens is 377 g/mol. The van der Waals surface area contributed by atoms with Crippen molar-refractivity contribution in [2.45, 2.75) is 56.6 Å². The van der Waals surface area contributed by atoms with Crippen molar-refractivity contribution in [3.8, 4) is 17.6 Å². The minimum atomic E-state index is -4.67. The number of hydrogen-bond donors (Lipinski definition) is 0. The number of halogens is 3. The van der Waals surface area contributed by atoms with E-state index in [4.69, 9.17) is 0 Å². The lowest BCUT2D eigenvalue weighted by Gasteiger charge is -2.27. The van der Waals surface area contributed by atoms with Crippen LogP contribution < -0.4 is 4.74 Å². The fraction of sp³-hybridized carbons (Fsp3) is 0.391. The van der Waals surface area contributed by atoms with Crippen LogP contribution in [0.2, 0.25) is 18.1 Å². The number of rotatable bonds is 4. The molecule has 3 rings (SSSR count). The smallest absolute Gasteiger partial charge is 0.406 e. The second kappa shape index (κ2) is 9.34. The highest BCUT2D eigenvalue weighted by Gasteiger charge is 2.30. The molecule has 0 radical (unpaired) electrons. The summed E-state index contributed by atoms with van der Waals surface area (Å²) in [6.07, 6.45) is -0.679. The second-order valence-electron chi connectivity index (χ2n) is 7.45. The van der Waals surface area contributed by atoms with Crippen molar-refractivity contribution in [3.63, 3.8) is 0 Å². The fourth-order valence-electron chi connectivity index (χ4n) is 3.92. The topological polar surface area (TPSA) is 9.23 Å². The highest BCUT2D eigenvalue weighted by Crippen LogP contribution is 2.35. The van der Waals surface area contributed by atoms with Gasteiger partial charge < -0.3 is 4.74 Å². The molecule has 1 fully saturated rings. The Kier molecular flexibility index (Phi) is 6.85. The maximum absolute atomic E-state index is 12.2. The zero-order valence-corrected chi connectivity index (χ0v) is 17.2. The lowest BCUT2D eigenvalue weighted by Crippen LogP contribution is -2.19. The molecule has 28 heavy (non-hydrogen) atoms. The van der Waals surface area contributed by atoms with Gasteiger partial charge in [0.1, 0.15) is 5.75 Å². The minimum Gasteiger partial charge on any atom is -0.406 e. The van der Waals surface area contributed by atoms with E-state index in [2.05, 4.69) is 35.6 Å². The van der Waals surface area contributed by atoms with Crippen LogP contribution in [-0.4, -0.2) is 15.2 Å². The van der Waals surface area contributed by atoms with E-state index >= 15 is 0 Å². The first-order valence-corrected chi connectivity index (χ1v) is 12.4. The number of ether oxygens (including phenoxy) is 1. The van der Waals surface area contributed by atoms with Gasteiger partial charge >= 0.3 is 6.36 Å². The van der Waals surface area contributed by atoms with Crippen molar-refractivity contribution in [2.75, 3.05) is 0 Å². The average Bonchev–Trinajstić information content (AvgIpc) is 2.68. The van der Waals surface area contributed by atoms with Crippen LogP contribution in [-0.2, 0) is 0 Å². The highest BCUT2D eigenvalue weighted by molar-refractivity contribution is 6.59. The summed E-state index contributed by atoms with van der Waals surface area (Å²) in [5, 5.41) is 0. The van der Waals surface area contributed by atoms with Gasteiger partial charge in [-0.2, -0.15) is 0 Å². The van der Waals surface area contributed by atoms with Crippen molar-refractivity contribution in [1.82, 2.24) is 0 Å². The molecule has 0 bridgehead atoms. The van der Waals surface area contributed by atoms with Crippen LogP contribution in [0.1, 0.15) is 48.8 Å². The van der Waals surface area contributed by atoms with Gasteiger partial charge in [-0.3, -0.25) is 0 Å². The van der Waals surface area contributed by atoms with Crippen molar-refractivity contribution in [3.05, 3.63) is 65.2 Å². The van der Waals surface area contributed by atoms with E-state index in [0.717, 1.165) is 5.56 Å². The molecule has 5 heteroatoms. The van der Waals surface area contributed by atoms with Crippen molar-refractivity contribution >= 4 is 8.80 Å². The Morgan fingerprint density at radius 3 is 1.96 bits per heavy atom. The maximum Gasteiger partial charge on any atom is 0.573 e. The van der Waals surface area contributed by atoms with E-state index in [0.29, 0.717) is 11.5 Å². The molecule has 1 nitrogen and oxygen atoms in total. The van der Waals surface area contributed by atoms with Gasteiger partial charge in [-0.05, 0) is 60.7 Å². The highest BCUT2D eigenvalue weighted by atomic mass is 28.3. The standard InChI is InChI=1S/C23H25F3OSi/c1-2-15-28-16-13-21(14-17-28)20-9-5-18(6-10-20)3-4-19-7-11-22(12-8-19)27-23(24,25)26/h5-12,21,28H,2,13-17H2,1H3. The third-order valence-electron chi connectivity index (χ3n) is 5.36. The molecule has 1 aliphatic heterocycles. The molecule has 0 spiro atoms. The Morgan fingerprint density at radius 2 is 1.46 bits per heavy atom. The monoisotopic (exact) mass is 402 g/mol. The van der Waals surface area contributed by atoms with Gasteiger partial charge in [0.25, 0.3) is 0 Å². The zero-order chi connectivity index (χ0) is 20.0. The quantitative estimate of drug-likeness (QED) is 0.419. The van der Waals surface area contributed by atoms with Gasteiger partial charge in [0.2, 0.25) is 0 Å². The molecule has 148 valence electrons. The SMILES string of the molecule is CCC[SiH]1CCC(c2ccc(C#Cc3ccc(OC(F)(F)F)cc3)cc2)CC1. The van der Waals surface area contributed by atoms with Gasteiger partial charge in [-0.25, -0.2) is 0 Å². The Labute approximate surface area is 166 Å². The molecule has 0 saturated carbocycles. The fourth-order valence-corrected chi connectivity index (χ4v) is 7.35. The van der Waals surface area contributed by atoms with Gasteiger partial charge in [0.15, 0.2) is 0 Å². The van der Waals surface area contributed by atoms with Gasteiger partial charge in [-0.15, -0.1) is 13.2 Å². The molecule has 0 atom stereocenters. The largest absolute Gasteiger partial charge is 0.573 e. The minimum absolute atomic E-state index is 0.237. The number of hydrogen-bond acceptors (Lipinski definition) is 1. The third-order valence-corrected chi connectivity index (χ3v) is 9.06. The van der Waals surface area contributed by atoms with Gasteiger partial charge in [-0.1, -0.05) is 55.5 Å². The predicted molar refractivity (Wildman–Crippen MR) is 109 cm³/mol. The molecule has 0 amide bonds.